The van der Waals surface area contributed by atoms with Gasteiger partial charge in [-0.25, -0.2) is 0 Å². The highest BCUT2D eigenvalue weighted by atomic mass is 16.5. The lowest BCUT2D eigenvalue weighted by molar-refractivity contribution is -0.116. The van der Waals surface area contributed by atoms with Crippen LogP contribution in [0.4, 0.5) is 5.69 Å². The van der Waals surface area contributed by atoms with Crippen molar-refractivity contribution in [1.29, 1.82) is 0 Å². The molecule has 0 saturated carbocycles. The molecule has 7 nitrogen and oxygen atoms in total. The first-order valence-corrected chi connectivity index (χ1v) is 7.79. The second-order valence-corrected chi connectivity index (χ2v) is 5.87. The number of aromatic amines is 1. The van der Waals surface area contributed by atoms with Gasteiger partial charge < -0.3 is 15.8 Å². The van der Waals surface area contributed by atoms with E-state index >= 15 is 0 Å². The summed E-state index contributed by atoms with van der Waals surface area (Å²) in [6.45, 7) is 1.58. The molecule has 1 saturated heterocycles. The molecule has 0 bridgehead atoms. The third-order valence-electron chi connectivity index (χ3n) is 4.11. The van der Waals surface area contributed by atoms with E-state index in [1.165, 1.54) is 0 Å². The quantitative estimate of drug-likeness (QED) is 0.781. The van der Waals surface area contributed by atoms with Crippen molar-refractivity contribution >= 4 is 28.4 Å². The van der Waals surface area contributed by atoms with E-state index in [2.05, 4.69) is 15.5 Å². The summed E-state index contributed by atoms with van der Waals surface area (Å²) in [7, 11) is 0. The minimum absolute atomic E-state index is 0.0426. The lowest BCUT2D eigenvalue weighted by Crippen LogP contribution is -2.20. The minimum Gasteiger partial charge on any atom is -0.381 e. The van der Waals surface area contributed by atoms with Crippen molar-refractivity contribution in [2.45, 2.75) is 25.7 Å². The number of fused-ring (bicyclic) bond motifs is 1. The second kappa shape index (κ2) is 6.78. The Morgan fingerprint density at radius 1 is 1.43 bits per heavy atom. The molecule has 3 rings (SSSR count). The highest BCUT2D eigenvalue weighted by molar-refractivity contribution is 6.05. The van der Waals surface area contributed by atoms with Crippen molar-refractivity contribution in [2.24, 2.45) is 11.7 Å². The van der Waals surface area contributed by atoms with Gasteiger partial charge in [-0.05, 0) is 43.4 Å². The molecule has 0 aliphatic carbocycles. The molecular formula is C16H20N4O3. The number of anilines is 1. The second-order valence-electron chi connectivity index (χ2n) is 5.87. The SMILES string of the molecule is NC(=O)c1n[nH]c2ccc(NC(=O)CCC3CCCOC3)cc12. The summed E-state index contributed by atoms with van der Waals surface area (Å²) in [5, 5.41) is 10.1. The molecule has 2 heterocycles. The Morgan fingerprint density at radius 2 is 2.30 bits per heavy atom. The topological polar surface area (TPSA) is 110 Å². The number of aromatic nitrogens is 2. The summed E-state index contributed by atoms with van der Waals surface area (Å²) >= 11 is 0. The van der Waals surface area contributed by atoms with Crippen molar-refractivity contribution in [2.75, 3.05) is 18.5 Å². The highest BCUT2D eigenvalue weighted by Gasteiger charge is 2.16. The van der Waals surface area contributed by atoms with E-state index in [1.54, 1.807) is 18.2 Å². The number of benzene rings is 1. The molecular weight excluding hydrogens is 296 g/mol. The molecule has 1 fully saturated rings. The van der Waals surface area contributed by atoms with E-state index < -0.39 is 5.91 Å². The van der Waals surface area contributed by atoms with Crippen LogP contribution in [0.25, 0.3) is 10.9 Å². The number of carbonyl (C=O) groups is 2. The third-order valence-corrected chi connectivity index (χ3v) is 4.11. The van der Waals surface area contributed by atoms with Crippen LogP contribution in [0, 0.1) is 5.92 Å². The van der Waals surface area contributed by atoms with Gasteiger partial charge >= 0.3 is 0 Å². The first kappa shape index (κ1) is 15.5. The van der Waals surface area contributed by atoms with Crippen molar-refractivity contribution in [1.82, 2.24) is 10.2 Å². The Morgan fingerprint density at radius 3 is 3.04 bits per heavy atom. The summed E-state index contributed by atoms with van der Waals surface area (Å²) < 4.78 is 5.42. The first-order valence-electron chi connectivity index (χ1n) is 7.79. The molecule has 1 atom stereocenters. The van der Waals surface area contributed by atoms with Crippen molar-refractivity contribution in [3.8, 4) is 0 Å². The molecule has 122 valence electrons. The summed E-state index contributed by atoms with van der Waals surface area (Å²) in [6.07, 6.45) is 3.47. The van der Waals surface area contributed by atoms with Gasteiger partial charge in [0.25, 0.3) is 5.91 Å². The molecule has 0 spiro atoms. The number of H-pyrrole nitrogens is 1. The zero-order valence-electron chi connectivity index (χ0n) is 12.8. The van der Waals surface area contributed by atoms with Gasteiger partial charge in [0, 0.05) is 30.7 Å². The van der Waals surface area contributed by atoms with E-state index in [0.717, 1.165) is 32.5 Å². The predicted molar refractivity (Wildman–Crippen MR) is 86.0 cm³/mol. The van der Waals surface area contributed by atoms with Gasteiger partial charge in [-0.2, -0.15) is 5.10 Å². The van der Waals surface area contributed by atoms with Gasteiger partial charge in [0.2, 0.25) is 5.91 Å². The average Bonchev–Trinajstić information content (AvgIpc) is 2.97. The smallest absolute Gasteiger partial charge is 0.269 e. The monoisotopic (exact) mass is 316 g/mol. The Labute approximate surface area is 133 Å². The van der Waals surface area contributed by atoms with E-state index in [-0.39, 0.29) is 11.6 Å². The zero-order chi connectivity index (χ0) is 16.2. The fourth-order valence-electron chi connectivity index (χ4n) is 2.87. The first-order chi connectivity index (χ1) is 11.1. The van der Waals surface area contributed by atoms with Gasteiger partial charge in [0.15, 0.2) is 5.69 Å². The standard InChI is InChI=1S/C16H20N4O3/c17-16(22)15-12-8-11(4-5-13(12)19-20-15)18-14(21)6-3-10-2-1-7-23-9-10/h4-5,8,10H,1-3,6-7,9H2,(H2,17,22)(H,18,21)(H,19,20). The summed E-state index contributed by atoms with van der Waals surface area (Å²) in [5.41, 5.74) is 6.80. The summed E-state index contributed by atoms with van der Waals surface area (Å²) in [6, 6.07) is 5.24. The van der Waals surface area contributed by atoms with Crippen molar-refractivity contribution in [3.05, 3.63) is 23.9 Å². The molecule has 1 aromatic carbocycles. The number of hydrogen-bond donors (Lipinski definition) is 3. The molecule has 0 radical (unpaired) electrons. The van der Waals surface area contributed by atoms with Crippen LogP contribution in [0.15, 0.2) is 18.2 Å². The summed E-state index contributed by atoms with van der Waals surface area (Å²) in [4.78, 5) is 23.4. The number of primary amides is 1. The molecule has 1 aliphatic rings. The fourth-order valence-corrected chi connectivity index (χ4v) is 2.87. The highest BCUT2D eigenvalue weighted by Crippen LogP contribution is 2.22. The average molecular weight is 316 g/mol. The molecule has 4 N–H and O–H groups in total. The van der Waals surface area contributed by atoms with Crippen LogP contribution in [0.1, 0.15) is 36.2 Å². The number of ether oxygens (including phenoxy) is 1. The molecule has 23 heavy (non-hydrogen) atoms. The van der Waals surface area contributed by atoms with Crippen LogP contribution in [-0.4, -0.2) is 35.2 Å². The molecule has 2 amide bonds. The van der Waals surface area contributed by atoms with E-state index in [4.69, 9.17) is 10.5 Å². The maximum Gasteiger partial charge on any atom is 0.269 e. The van der Waals surface area contributed by atoms with E-state index in [9.17, 15) is 9.59 Å². The molecule has 7 heteroatoms. The fraction of sp³-hybridized carbons (Fsp3) is 0.438. The molecule has 1 aromatic heterocycles. The van der Waals surface area contributed by atoms with Crippen LogP contribution in [0.5, 0.6) is 0 Å². The van der Waals surface area contributed by atoms with Gasteiger partial charge in [0.1, 0.15) is 0 Å². The van der Waals surface area contributed by atoms with Crippen LogP contribution < -0.4 is 11.1 Å². The Balaban J connectivity index is 1.62. The molecule has 1 unspecified atom stereocenters. The minimum atomic E-state index is -0.600. The number of rotatable bonds is 5. The van der Waals surface area contributed by atoms with Crippen LogP contribution >= 0.6 is 0 Å². The van der Waals surface area contributed by atoms with Gasteiger partial charge in [-0.1, -0.05) is 0 Å². The third kappa shape index (κ3) is 3.68. The Hall–Kier alpha value is -2.41. The number of nitrogens with one attached hydrogen (secondary N) is 2. The summed E-state index contributed by atoms with van der Waals surface area (Å²) in [5.74, 6) is -0.177. The number of amides is 2. The zero-order valence-corrected chi connectivity index (χ0v) is 12.8. The van der Waals surface area contributed by atoms with Gasteiger partial charge in [-0.3, -0.25) is 14.7 Å². The number of carbonyl (C=O) groups excluding carboxylic acids is 2. The van der Waals surface area contributed by atoms with Crippen LogP contribution in [0.2, 0.25) is 0 Å². The Bertz CT molecular complexity index is 719. The maximum absolute atomic E-state index is 12.1. The van der Waals surface area contributed by atoms with E-state index in [1.807, 2.05) is 0 Å². The van der Waals surface area contributed by atoms with Crippen molar-refractivity contribution in [3.63, 3.8) is 0 Å². The van der Waals surface area contributed by atoms with Crippen LogP contribution in [0.3, 0.4) is 0 Å². The lowest BCUT2D eigenvalue weighted by Gasteiger charge is -2.21. The number of hydrogen-bond acceptors (Lipinski definition) is 4. The van der Waals surface area contributed by atoms with Crippen molar-refractivity contribution < 1.29 is 14.3 Å². The van der Waals surface area contributed by atoms with Gasteiger partial charge in [0.05, 0.1) is 5.52 Å². The number of nitrogens with zero attached hydrogens (tertiary/aromatic N) is 1. The lowest BCUT2D eigenvalue weighted by atomic mass is 9.97. The predicted octanol–water partition coefficient (Wildman–Crippen LogP) is 1.81. The maximum atomic E-state index is 12.1. The largest absolute Gasteiger partial charge is 0.381 e. The Kier molecular flexibility index (Phi) is 4.57. The molecule has 1 aliphatic heterocycles. The normalized spacial score (nSPS) is 18.0. The van der Waals surface area contributed by atoms with E-state index in [0.29, 0.717) is 28.9 Å². The van der Waals surface area contributed by atoms with Gasteiger partial charge in [-0.15, -0.1) is 0 Å². The van der Waals surface area contributed by atoms with Crippen LogP contribution in [-0.2, 0) is 9.53 Å². The number of nitrogens with two attached hydrogens (primary N) is 1. The molecule has 2 aromatic rings.